The molecule has 0 amide bonds. The molecule has 10 atom stereocenters. The smallest absolute Gasteiger partial charge is 0.342 e. The number of fused-ring (bicyclic) bond motifs is 1. The van der Waals surface area contributed by atoms with Gasteiger partial charge in [-0.05, 0) is 6.07 Å². The second-order valence-corrected chi connectivity index (χ2v) is 8.16. The molecule has 2 fully saturated rings. The maximum absolute atomic E-state index is 12.9. The Balaban J connectivity index is 1.57. The molecule has 0 saturated carbocycles. The zero-order valence-electron chi connectivity index (χ0n) is 17.7. The Morgan fingerprint density at radius 1 is 0.853 bits per heavy atom. The first-order valence-electron chi connectivity index (χ1n) is 10.6. The van der Waals surface area contributed by atoms with Crippen molar-refractivity contribution < 1.29 is 59.5 Å². The van der Waals surface area contributed by atoms with Crippen molar-refractivity contribution in [1.82, 2.24) is 4.98 Å². The van der Waals surface area contributed by atoms with Crippen LogP contribution in [0.3, 0.4) is 0 Å². The highest BCUT2D eigenvalue weighted by Gasteiger charge is 2.51. The van der Waals surface area contributed by atoms with Crippen molar-refractivity contribution in [2.24, 2.45) is 0 Å². The quantitative estimate of drug-likeness (QED) is 0.192. The predicted molar refractivity (Wildman–Crippen MR) is 110 cm³/mol. The van der Waals surface area contributed by atoms with Crippen LogP contribution >= 0.6 is 0 Å². The average molecular weight is 485 g/mol. The lowest BCUT2D eigenvalue weighted by atomic mass is 9.97. The molecule has 2 aliphatic rings. The summed E-state index contributed by atoms with van der Waals surface area (Å²) in [6, 6.07) is 6.92. The number of para-hydroxylation sites is 1. The number of esters is 1. The maximum Gasteiger partial charge on any atom is 0.342 e. The number of rotatable bonds is 6. The fourth-order valence-corrected chi connectivity index (χ4v) is 4.04. The fourth-order valence-electron chi connectivity index (χ4n) is 4.04. The van der Waals surface area contributed by atoms with Gasteiger partial charge in [0.15, 0.2) is 12.4 Å². The topological polar surface area (TPSA) is 211 Å². The second kappa shape index (κ2) is 10.2. The van der Waals surface area contributed by atoms with E-state index >= 15 is 0 Å². The summed E-state index contributed by atoms with van der Waals surface area (Å²) in [6.45, 7) is -1.44. The molecular formula is C21H27NO12. The molecule has 0 spiro atoms. The number of aromatic nitrogens is 1. The highest BCUT2D eigenvalue weighted by molar-refractivity contribution is 6.04. The van der Waals surface area contributed by atoms with Crippen molar-refractivity contribution in [2.45, 2.75) is 61.4 Å². The van der Waals surface area contributed by atoms with E-state index in [1.54, 1.807) is 24.3 Å². The Hall–Kier alpha value is -2.17. The number of hydrogen-bond acceptors (Lipinski definition) is 12. The number of aliphatic hydroxyl groups is 7. The predicted octanol–water partition coefficient (Wildman–Crippen LogP) is -3.05. The lowest BCUT2D eigenvalue weighted by Gasteiger charge is -2.45. The highest BCUT2D eigenvalue weighted by atomic mass is 16.8. The van der Waals surface area contributed by atoms with Crippen molar-refractivity contribution in [3.05, 3.63) is 36.0 Å². The molecule has 8 N–H and O–H groups in total. The van der Waals surface area contributed by atoms with Crippen molar-refractivity contribution in [3.8, 4) is 0 Å². The summed E-state index contributed by atoms with van der Waals surface area (Å²) in [5, 5.41) is 70.5. The van der Waals surface area contributed by atoms with Crippen LogP contribution in [0.2, 0.25) is 0 Å². The van der Waals surface area contributed by atoms with Crippen molar-refractivity contribution in [1.29, 1.82) is 0 Å². The Morgan fingerprint density at radius 3 is 2.15 bits per heavy atom. The standard InChI is InChI=1S/C21H27NO12/c23-6-11-13(25)15(27)17(29)20(31-11)33-18-16(28)14(26)12(7-24)32-21(18)34-19(30)9-5-22-10-4-2-1-3-8(9)10/h1-5,11-18,20-29H,6-7H2. The van der Waals surface area contributed by atoms with Crippen LogP contribution in [0.4, 0.5) is 0 Å². The van der Waals surface area contributed by atoms with Gasteiger partial charge < -0.3 is 59.7 Å². The van der Waals surface area contributed by atoms with Crippen LogP contribution in [0, 0.1) is 0 Å². The molecule has 34 heavy (non-hydrogen) atoms. The number of aliphatic hydroxyl groups excluding tert-OH is 7. The Morgan fingerprint density at radius 2 is 1.47 bits per heavy atom. The first kappa shape index (κ1) is 24.9. The fraction of sp³-hybridized carbons (Fsp3) is 0.571. The third kappa shape index (κ3) is 4.55. The molecule has 2 aliphatic heterocycles. The van der Waals surface area contributed by atoms with E-state index in [2.05, 4.69) is 4.98 Å². The average Bonchev–Trinajstić information content (AvgIpc) is 3.28. The molecule has 13 nitrogen and oxygen atoms in total. The summed E-state index contributed by atoms with van der Waals surface area (Å²) < 4.78 is 21.7. The van der Waals surface area contributed by atoms with Crippen LogP contribution in [0.25, 0.3) is 10.9 Å². The van der Waals surface area contributed by atoms with Gasteiger partial charge in [0.05, 0.1) is 18.8 Å². The van der Waals surface area contributed by atoms with Gasteiger partial charge in [0.25, 0.3) is 0 Å². The van der Waals surface area contributed by atoms with Gasteiger partial charge in [-0.25, -0.2) is 4.79 Å². The van der Waals surface area contributed by atoms with Gasteiger partial charge in [0.2, 0.25) is 6.29 Å². The number of hydrogen-bond donors (Lipinski definition) is 8. The molecule has 13 heteroatoms. The molecule has 1 aromatic heterocycles. The normalized spacial score (nSPS) is 38.7. The number of carbonyl (C=O) groups is 1. The van der Waals surface area contributed by atoms with Crippen LogP contribution in [0.1, 0.15) is 10.4 Å². The highest BCUT2D eigenvalue weighted by Crippen LogP contribution is 2.30. The van der Waals surface area contributed by atoms with Gasteiger partial charge in [-0.3, -0.25) is 0 Å². The van der Waals surface area contributed by atoms with E-state index in [-0.39, 0.29) is 5.56 Å². The van der Waals surface area contributed by atoms with Crippen LogP contribution in [0.15, 0.2) is 30.5 Å². The zero-order valence-corrected chi connectivity index (χ0v) is 17.7. The summed E-state index contributed by atoms with van der Waals surface area (Å²) in [4.78, 5) is 15.8. The lowest BCUT2D eigenvalue weighted by Crippen LogP contribution is -2.64. The van der Waals surface area contributed by atoms with Gasteiger partial charge in [-0.2, -0.15) is 0 Å². The van der Waals surface area contributed by atoms with Crippen molar-refractivity contribution in [2.75, 3.05) is 13.2 Å². The zero-order chi connectivity index (χ0) is 24.6. The minimum absolute atomic E-state index is 0.145. The minimum atomic E-state index is -1.82. The van der Waals surface area contributed by atoms with Crippen LogP contribution in [-0.2, 0) is 18.9 Å². The first-order valence-corrected chi connectivity index (χ1v) is 10.6. The Kier molecular flexibility index (Phi) is 7.49. The number of carbonyl (C=O) groups excluding carboxylic acids is 1. The molecule has 0 aliphatic carbocycles. The van der Waals surface area contributed by atoms with E-state index in [1.807, 2.05) is 0 Å². The van der Waals surface area contributed by atoms with Crippen molar-refractivity contribution in [3.63, 3.8) is 0 Å². The molecule has 2 aromatic rings. The molecular weight excluding hydrogens is 458 g/mol. The SMILES string of the molecule is O=C(OC1OC(CO)C(O)C(O)C1OC1OC(CO)C(O)C(O)C1O)c1c[nH]c2ccccc12. The minimum Gasteiger partial charge on any atom is -0.429 e. The molecule has 4 rings (SSSR count). The summed E-state index contributed by atoms with van der Waals surface area (Å²) in [7, 11) is 0. The van der Waals surface area contributed by atoms with Crippen LogP contribution < -0.4 is 0 Å². The molecule has 0 bridgehead atoms. The van der Waals surface area contributed by atoms with E-state index in [0.717, 1.165) is 0 Å². The van der Waals surface area contributed by atoms with E-state index < -0.39 is 80.6 Å². The number of benzene rings is 1. The summed E-state index contributed by atoms with van der Waals surface area (Å²) in [5.41, 5.74) is 0.809. The Bertz CT molecular complexity index is 982. The van der Waals surface area contributed by atoms with E-state index in [1.165, 1.54) is 6.20 Å². The largest absolute Gasteiger partial charge is 0.429 e. The number of aromatic amines is 1. The van der Waals surface area contributed by atoms with E-state index in [0.29, 0.717) is 10.9 Å². The van der Waals surface area contributed by atoms with Gasteiger partial charge in [0, 0.05) is 17.1 Å². The third-order valence-corrected chi connectivity index (χ3v) is 6.00. The third-order valence-electron chi connectivity index (χ3n) is 6.00. The van der Waals surface area contributed by atoms with Gasteiger partial charge >= 0.3 is 5.97 Å². The number of nitrogens with one attached hydrogen (secondary N) is 1. The molecule has 1 aromatic carbocycles. The molecule has 10 unspecified atom stereocenters. The van der Waals surface area contributed by atoms with E-state index in [9.17, 15) is 40.5 Å². The monoisotopic (exact) mass is 485 g/mol. The summed E-state index contributed by atoms with van der Waals surface area (Å²) in [6.07, 6.45) is -14.9. The van der Waals surface area contributed by atoms with Gasteiger partial charge in [-0.1, -0.05) is 18.2 Å². The summed E-state index contributed by atoms with van der Waals surface area (Å²) >= 11 is 0. The van der Waals surface area contributed by atoms with Gasteiger partial charge in [0.1, 0.15) is 42.7 Å². The Labute approximate surface area is 192 Å². The molecule has 2 saturated heterocycles. The summed E-state index contributed by atoms with van der Waals surface area (Å²) in [5.74, 6) is -0.870. The first-order chi connectivity index (χ1) is 16.3. The van der Waals surface area contributed by atoms with Crippen molar-refractivity contribution >= 4 is 16.9 Å². The van der Waals surface area contributed by atoms with E-state index in [4.69, 9.17) is 18.9 Å². The van der Waals surface area contributed by atoms with Crippen LogP contribution in [-0.4, -0.2) is 121 Å². The molecule has 188 valence electrons. The second-order valence-electron chi connectivity index (χ2n) is 8.16. The molecule has 3 heterocycles. The van der Waals surface area contributed by atoms with Crippen LogP contribution in [0.5, 0.6) is 0 Å². The lowest BCUT2D eigenvalue weighted by molar-refractivity contribution is -0.360. The molecule has 0 radical (unpaired) electrons. The number of H-pyrrole nitrogens is 1. The number of ether oxygens (including phenoxy) is 4. The van der Waals surface area contributed by atoms with Gasteiger partial charge in [-0.15, -0.1) is 0 Å². The maximum atomic E-state index is 12.9.